The number of benzene rings is 2. The number of methoxy groups -OCH3 is 1. The van der Waals surface area contributed by atoms with Crippen molar-refractivity contribution in [3.63, 3.8) is 0 Å². The van der Waals surface area contributed by atoms with Gasteiger partial charge in [-0.3, -0.25) is 0 Å². The molecule has 0 saturated carbocycles. The summed E-state index contributed by atoms with van der Waals surface area (Å²) in [5.74, 6) is 0.871. The highest BCUT2D eigenvalue weighted by Gasteiger charge is 2.19. The summed E-state index contributed by atoms with van der Waals surface area (Å²) in [6.45, 7) is 6.58. The Morgan fingerprint density at radius 2 is 1.68 bits per heavy atom. The van der Waals surface area contributed by atoms with E-state index in [-0.39, 0.29) is 6.79 Å². The van der Waals surface area contributed by atoms with Crippen LogP contribution in [0.25, 0.3) is 11.1 Å². The van der Waals surface area contributed by atoms with Crippen LogP contribution in [0.15, 0.2) is 36.4 Å². The lowest BCUT2D eigenvalue weighted by Crippen LogP contribution is -2.11. The van der Waals surface area contributed by atoms with E-state index in [0.29, 0.717) is 24.5 Å². The van der Waals surface area contributed by atoms with E-state index in [9.17, 15) is 4.79 Å². The average molecular weight is 344 g/mol. The van der Waals surface area contributed by atoms with Gasteiger partial charge < -0.3 is 18.9 Å². The first-order chi connectivity index (χ1) is 12.1. The van der Waals surface area contributed by atoms with Crippen LogP contribution in [0.1, 0.15) is 29.8 Å². The first-order valence-corrected chi connectivity index (χ1v) is 8.27. The van der Waals surface area contributed by atoms with Gasteiger partial charge in [-0.2, -0.15) is 0 Å². The Hall–Kier alpha value is -2.53. The summed E-state index contributed by atoms with van der Waals surface area (Å²) in [4.78, 5) is 12.3. The van der Waals surface area contributed by atoms with Crippen LogP contribution in [0, 0.1) is 6.92 Å². The van der Waals surface area contributed by atoms with Crippen molar-refractivity contribution >= 4 is 5.97 Å². The van der Waals surface area contributed by atoms with Crippen LogP contribution in [-0.2, 0) is 9.47 Å². The zero-order chi connectivity index (χ0) is 18.2. The van der Waals surface area contributed by atoms with Gasteiger partial charge in [0.05, 0.1) is 13.2 Å². The maximum Gasteiger partial charge on any atom is 0.342 e. The second-order valence-electron chi connectivity index (χ2n) is 5.40. The molecule has 2 rings (SSSR count). The molecular weight excluding hydrogens is 320 g/mol. The van der Waals surface area contributed by atoms with E-state index >= 15 is 0 Å². The van der Waals surface area contributed by atoms with E-state index in [1.807, 2.05) is 50.2 Å². The molecule has 2 aromatic rings. The van der Waals surface area contributed by atoms with Crippen LogP contribution in [0.3, 0.4) is 0 Å². The van der Waals surface area contributed by atoms with Gasteiger partial charge in [-0.05, 0) is 55.7 Å². The van der Waals surface area contributed by atoms with Gasteiger partial charge in [0.2, 0.25) is 0 Å². The van der Waals surface area contributed by atoms with E-state index in [1.54, 1.807) is 6.92 Å². The van der Waals surface area contributed by atoms with Gasteiger partial charge in [-0.25, -0.2) is 4.79 Å². The van der Waals surface area contributed by atoms with Crippen molar-refractivity contribution in [2.24, 2.45) is 0 Å². The summed E-state index contributed by atoms with van der Waals surface area (Å²) >= 11 is 0. The standard InChI is InChI=1S/C20H24O5/c1-5-23-17-9-7-15(8-10-17)16-11-14(3)19(20(21)24-6-2)18(12-16)25-13-22-4/h7-12H,5-6,13H2,1-4H3. The zero-order valence-electron chi connectivity index (χ0n) is 15.1. The SMILES string of the molecule is CCOC(=O)c1c(C)cc(-c2ccc(OCC)cc2)cc1OCOC. The highest BCUT2D eigenvalue weighted by atomic mass is 16.7. The molecule has 0 heterocycles. The van der Waals surface area contributed by atoms with Crippen LogP contribution < -0.4 is 9.47 Å². The lowest BCUT2D eigenvalue weighted by atomic mass is 9.98. The normalized spacial score (nSPS) is 10.4. The van der Waals surface area contributed by atoms with Crippen molar-refractivity contribution in [2.75, 3.05) is 27.1 Å². The van der Waals surface area contributed by atoms with E-state index in [0.717, 1.165) is 22.4 Å². The Kier molecular flexibility index (Phi) is 6.83. The quantitative estimate of drug-likeness (QED) is 0.530. The minimum atomic E-state index is -0.399. The topological polar surface area (TPSA) is 54.0 Å². The molecule has 0 spiro atoms. The summed E-state index contributed by atoms with van der Waals surface area (Å²) in [6, 6.07) is 11.6. The minimum absolute atomic E-state index is 0.0541. The molecule has 134 valence electrons. The molecule has 0 aliphatic rings. The van der Waals surface area contributed by atoms with Crippen LogP contribution in [0.4, 0.5) is 0 Å². The summed E-state index contributed by atoms with van der Waals surface area (Å²) in [6.07, 6.45) is 0. The first-order valence-electron chi connectivity index (χ1n) is 8.27. The summed E-state index contributed by atoms with van der Waals surface area (Å²) in [7, 11) is 1.53. The number of ether oxygens (including phenoxy) is 4. The van der Waals surface area contributed by atoms with Crippen molar-refractivity contribution in [3.05, 3.63) is 47.5 Å². The molecule has 5 heteroatoms. The number of carbonyl (C=O) groups excluding carboxylic acids is 1. The van der Waals surface area contributed by atoms with Gasteiger partial charge in [-0.1, -0.05) is 18.2 Å². The fraction of sp³-hybridized carbons (Fsp3) is 0.350. The maximum atomic E-state index is 12.3. The van der Waals surface area contributed by atoms with Gasteiger partial charge >= 0.3 is 5.97 Å². The van der Waals surface area contributed by atoms with Gasteiger partial charge in [-0.15, -0.1) is 0 Å². The van der Waals surface area contributed by atoms with E-state index in [2.05, 4.69) is 0 Å². The fourth-order valence-electron chi connectivity index (χ4n) is 2.53. The molecule has 25 heavy (non-hydrogen) atoms. The second kappa shape index (κ2) is 9.08. The lowest BCUT2D eigenvalue weighted by molar-refractivity contribution is 0.0437. The van der Waals surface area contributed by atoms with Gasteiger partial charge in [0.15, 0.2) is 6.79 Å². The van der Waals surface area contributed by atoms with Crippen molar-refractivity contribution in [1.29, 1.82) is 0 Å². The number of aryl methyl sites for hydroxylation is 1. The molecule has 0 atom stereocenters. The molecule has 0 aliphatic carbocycles. The summed E-state index contributed by atoms with van der Waals surface area (Å²) < 4.78 is 21.2. The molecule has 0 amide bonds. The van der Waals surface area contributed by atoms with Crippen molar-refractivity contribution < 1.29 is 23.7 Å². The van der Waals surface area contributed by atoms with E-state index in [4.69, 9.17) is 18.9 Å². The molecular formula is C20H24O5. The third kappa shape index (κ3) is 4.73. The second-order valence-corrected chi connectivity index (χ2v) is 5.40. The highest BCUT2D eigenvalue weighted by molar-refractivity contribution is 5.95. The highest BCUT2D eigenvalue weighted by Crippen LogP contribution is 2.32. The van der Waals surface area contributed by atoms with Crippen LogP contribution in [-0.4, -0.2) is 33.1 Å². The third-order valence-corrected chi connectivity index (χ3v) is 3.61. The third-order valence-electron chi connectivity index (χ3n) is 3.61. The molecule has 0 bridgehead atoms. The van der Waals surface area contributed by atoms with Gasteiger partial charge in [0.25, 0.3) is 0 Å². The zero-order valence-corrected chi connectivity index (χ0v) is 15.1. The Labute approximate surface area is 148 Å². The number of hydrogen-bond acceptors (Lipinski definition) is 5. The molecule has 5 nitrogen and oxygen atoms in total. The number of rotatable bonds is 8. The Morgan fingerprint density at radius 3 is 2.28 bits per heavy atom. The molecule has 2 aromatic carbocycles. The van der Waals surface area contributed by atoms with Crippen molar-refractivity contribution in [2.45, 2.75) is 20.8 Å². The molecule has 0 N–H and O–H groups in total. The van der Waals surface area contributed by atoms with Gasteiger partial charge in [0, 0.05) is 7.11 Å². The van der Waals surface area contributed by atoms with E-state index in [1.165, 1.54) is 7.11 Å². The Bertz CT molecular complexity index is 707. The van der Waals surface area contributed by atoms with Crippen molar-refractivity contribution in [3.8, 4) is 22.6 Å². The molecule has 0 radical (unpaired) electrons. The summed E-state index contributed by atoms with van der Waals surface area (Å²) in [5, 5.41) is 0. The monoisotopic (exact) mass is 344 g/mol. The largest absolute Gasteiger partial charge is 0.494 e. The number of carbonyl (C=O) groups is 1. The fourth-order valence-corrected chi connectivity index (χ4v) is 2.53. The smallest absolute Gasteiger partial charge is 0.342 e. The minimum Gasteiger partial charge on any atom is -0.494 e. The number of esters is 1. The van der Waals surface area contributed by atoms with Crippen molar-refractivity contribution in [1.82, 2.24) is 0 Å². The predicted octanol–water partition coefficient (Wildman–Crippen LogP) is 4.22. The van der Waals surface area contributed by atoms with Crippen LogP contribution in [0.5, 0.6) is 11.5 Å². The Balaban J connectivity index is 2.42. The molecule has 0 unspecified atom stereocenters. The molecule has 0 aromatic heterocycles. The lowest BCUT2D eigenvalue weighted by Gasteiger charge is -2.15. The van der Waals surface area contributed by atoms with Crippen LogP contribution >= 0.6 is 0 Å². The number of hydrogen-bond donors (Lipinski definition) is 0. The van der Waals surface area contributed by atoms with Gasteiger partial charge in [0.1, 0.15) is 17.1 Å². The van der Waals surface area contributed by atoms with E-state index < -0.39 is 5.97 Å². The molecule has 0 saturated heterocycles. The average Bonchev–Trinajstić information content (AvgIpc) is 2.60. The summed E-state index contributed by atoms with van der Waals surface area (Å²) in [5.41, 5.74) is 3.16. The van der Waals surface area contributed by atoms with Crippen LogP contribution in [0.2, 0.25) is 0 Å². The first kappa shape index (κ1) is 18.8. The molecule has 0 aliphatic heterocycles. The molecule has 0 fully saturated rings. The maximum absolute atomic E-state index is 12.3. The Morgan fingerprint density at radius 1 is 0.960 bits per heavy atom. The predicted molar refractivity (Wildman–Crippen MR) is 96.2 cm³/mol.